The Labute approximate surface area is 156 Å². The van der Waals surface area contributed by atoms with Crippen LogP contribution < -0.4 is 16.4 Å². The van der Waals surface area contributed by atoms with Crippen LogP contribution in [-0.4, -0.2) is 36.6 Å². The maximum absolute atomic E-state index is 12.1. The van der Waals surface area contributed by atoms with Gasteiger partial charge in [-0.05, 0) is 37.1 Å². The number of nitriles is 1. The topological polar surface area (TPSA) is 127 Å². The Kier molecular flexibility index (Phi) is 5.03. The van der Waals surface area contributed by atoms with E-state index in [-0.39, 0.29) is 28.8 Å². The summed E-state index contributed by atoms with van der Waals surface area (Å²) in [5.41, 5.74) is 13.5. The second kappa shape index (κ2) is 7.41. The van der Waals surface area contributed by atoms with Gasteiger partial charge in [0, 0.05) is 36.6 Å². The van der Waals surface area contributed by atoms with E-state index >= 15 is 0 Å². The van der Waals surface area contributed by atoms with Gasteiger partial charge >= 0.3 is 5.97 Å². The molecule has 0 bridgehead atoms. The predicted molar refractivity (Wildman–Crippen MR) is 100 cm³/mol. The molecule has 0 unspecified atom stereocenters. The van der Waals surface area contributed by atoms with Crippen LogP contribution in [0.2, 0.25) is 0 Å². The van der Waals surface area contributed by atoms with E-state index in [4.69, 9.17) is 16.2 Å². The average molecular weight is 367 g/mol. The summed E-state index contributed by atoms with van der Waals surface area (Å²) < 4.78 is 6.35. The highest BCUT2D eigenvalue weighted by Crippen LogP contribution is 2.27. The maximum atomic E-state index is 12.1. The zero-order chi connectivity index (χ0) is 19.6. The summed E-state index contributed by atoms with van der Waals surface area (Å²) in [6.45, 7) is 1.52. The summed E-state index contributed by atoms with van der Waals surface area (Å²) in [6, 6.07) is 9.55. The van der Waals surface area contributed by atoms with Crippen molar-refractivity contribution in [2.75, 3.05) is 30.8 Å². The van der Waals surface area contributed by atoms with E-state index in [0.717, 1.165) is 31.6 Å². The van der Waals surface area contributed by atoms with Gasteiger partial charge in [-0.25, -0.2) is 4.79 Å². The number of aromatic nitrogens is 1. The van der Waals surface area contributed by atoms with Gasteiger partial charge in [-0.15, -0.1) is 0 Å². The maximum Gasteiger partial charge on any atom is 0.357 e. The van der Waals surface area contributed by atoms with Crippen LogP contribution in [0.3, 0.4) is 0 Å². The number of methoxy groups -OCH3 is 1. The molecule has 1 fully saturated rings. The van der Waals surface area contributed by atoms with Gasteiger partial charge < -0.3 is 25.7 Å². The zero-order valence-electron chi connectivity index (χ0n) is 15.0. The number of piperidine rings is 1. The normalized spacial score (nSPS) is 14.6. The highest BCUT2D eigenvalue weighted by atomic mass is 16.5. The van der Waals surface area contributed by atoms with Gasteiger partial charge in [0.25, 0.3) is 0 Å². The van der Waals surface area contributed by atoms with Crippen LogP contribution in [0.1, 0.15) is 28.9 Å². The lowest BCUT2D eigenvalue weighted by Crippen LogP contribution is -2.38. The summed E-state index contributed by atoms with van der Waals surface area (Å²) in [6.07, 6.45) is 3.00. The number of nitrogen functional groups attached to an aromatic ring is 1. The number of nitrogens with two attached hydrogens (primary N) is 2. The molecular formula is C19H21N5O3. The summed E-state index contributed by atoms with van der Waals surface area (Å²) in [5.74, 6) is -0.902. The minimum atomic E-state index is -0.605. The number of rotatable bonds is 4. The molecule has 0 atom stereocenters. The number of carbonyl (C=O) groups is 2. The number of carbonyl (C=O) groups excluding carboxylic acids is 2. The molecule has 0 saturated carbocycles. The minimum absolute atomic E-state index is 0.0598. The Morgan fingerprint density at radius 2 is 1.78 bits per heavy atom. The van der Waals surface area contributed by atoms with Crippen LogP contribution >= 0.6 is 0 Å². The van der Waals surface area contributed by atoms with Crippen molar-refractivity contribution in [3.8, 4) is 11.8 Å². The number of hydrogen-bond donors (Lipinski definition) is 2. The van der Waals surface area contributed by atoms with Crippen molar-refractivity contribution in [3.63, 3.8) is 0 Å². The quantitative estimate of drug-likeness (QED) is 0.787. The monoisotopic (exact) mass is 367 g/mol. The molecule has 0 radical (unpaired) electrons. The molecule has 140 valence electrons. The zero-order valence-corrected chi connectivity index (χ0v) is 15.0. The molecule has 2 heterocycles. The van der Waals surface area contributed by atoms with E-state index in [1.165, 1.54) is 13.3 Å². The number of amides is 1. The second-order valence-electron chi connectivity index (χ2n) is 6.46. The third-order valence-corrected chi connectivity index (χ3v) is 4.93. The van der Waals surface area contributed by atoms with Crippen molar-refractivity contribution in [3.05, 3.63) is 41.7 Å². The first-order chi connectivity index (χ1) is 13.0. The lowest BCUT2D eigenvalue weighted by Gasteiger charge is -2.32. The average Bonchev–Trinajstić information content (AvgIpc) is 3.04. The summed E-state index contributed by atoms with van der Waals surface area (Å²) in [7, 11) is 1.27. The Hall–Kier alpha value is -3.47. The fraction of sp³-hybridized carbons (Fsp3) is 0.316. The fourth-order valence-corrected chi connectivity index (χ4v) is 3.36. The molecule has 0 aliphatic carbocycles. The van der Waals surface area contributed by atoms with Gasteiger partial charge in [0.2, 0.25) is 5.91 Å². The number of esters is 1. The highest BCUT2D eigenvalue weighted by Gasteiger charge is 2.24. The fourth-order valence-electron chi connectivity index (χ4n) is 3.36. The Balaban J connectivity index is 1.86. The molecule has 1 aromatic heterocycles. The number of primary amides is 1. The van der Waals surface area contributed by atoms with E-state index < -0.39 is 5.97 Å². The summed E-state index contributed by atoms with van der Waals surface area (Å²) in [4.78, 5) is 25.6. The molecule has 1 amide bonds. The summed E-state index contributed by atoms with van der Waals surface area (Å²) in [5, 5.41) is 9.20. The van der Waals surface area contributed by atoms with Gasteiger partial charge in [0.1, 0.15) is 6.07 Å². The predicted octanol–water partition coefficient (Wildman–Crippen LogP) is 1.42. The summed E-state index contributed by atoms with van der Waals surface area (Å²) >= 11 is 0. The molecule has 1 aromatic carbocycles. The van der Waals surface area contributed by atoms with Gasteiger partial charge in [0.15, 0.2) is 5.69 Å². The largest absolute Gasteiger partial charge is 0.464 e. The van der Waals surface area contributed by atoms with Gasteiger partial charge in [-0.1, -0.05) is 0 Å². The third-order valence-electron chi connectivity index (χ3n) is 4.93. The third kappa shape index (κ3) is 3.44. The van der Waals surface area contributed by atoms with Crippen LogP contribution in [0.5, 0.6) is 0 Å². The number of anilines is 2. The molecule has 1 saturated heterocycles. The lowest BCUT2D eigenvalue weighted by atomic mass is 9.96. The second-order valence-corrected chi connectivity index (χ2v) is 6.46. The Morgan fingerprint density at radius 1 is 1.19 bits per heavy atom. The highest BCUT2D eigenvalue weighted by molar-refractivity contribution is 5.96. The van der Waals surface area contributed by atoms with E-state index in [0.29, 0.717) is 5.69 Å². The molecule has 8 nitrogen and oxygen atoms in total. The number of ether oxygens (including phenoxy) is 1. The first kappa shape index (κ1) is 18.3. The lowest BCUT2D eigenvalue weighted by molar-refractivity contribution is -0.122. The van der Waals surface area contributed by atoms with Crippen molar-refractivity contribution >= 4 is 23.3 Å². The van der Waals surface area contributed by atoms with Crippen LogP contribution in [-0.2, 0) is 9.53 Å². The van der Waals surface area contributed by atoms with Crippen LogP contribution in [0, 0.1) is 17.2 Å². The molecular weight excluding hydrogens is 346 g/mol. The first-order valence-electron chi connectivity index (χ1n) is 8.60. The number of nitrogens with zero attached hydrogens (tertiary/aromatic N) is 3. The molecule has 8 heteroatoms. The number of hydrogen-bond acceptors (Lipinski definition) is 6. The van der Waals surface area contributed by atoms with Crippen LogP contribution in [0.15, 0.2) is 30.5 Å². The molecule has 0 spiro atoms. The van der Waals surface area contributed by atoms with Crippen molar-refractivity contribution < 1.29 is 14.3 Å². The van der Waals surface area contributed by atoms with Crippen molar-refractivity contribution in [2.24, 2.45) is 11.7 Å². The van der Waals surface area contributed by atoms with Gasteiger partial charge in [0.05, 0.1) is 18.4 Å². The van der Waals surface area contributed by atoms with Crippen LogP contribution in [0.4, 0.5) is 11.4 Å². The van der Waals surface area contributed by atoms with E-state index in [2.05, 4.69) is 4.90 Å². The van der Waals surface area contributed by atoms with Crippen molar-refractivity contribution in [1.82, 2.24) is 4.57 Å². The van der Waals surface area contributed by atoms with Crippen molar-refractivity contribution in [1.29, 1.82) is 5.26 Å². The van der Waals surface area contributed by atoms with E-state index in [1.54, 1.807) is 4.57 Å². The standard InChI is InChI=1S/C19H21N5O3/c1-27-19(26)17-16(21)13(10-20)11-24(17)15-4-2-14(3-5-15)23-8-6-12(7-9-23)18(22)25/h2-5,11-12H,6-9,21H2,1H3,(H2,22,25). The van der Waals surface area contributed by atoms with E-state index in [1.807, 2.05) is 30.3 Å². The number of benzene rings is 1. The van der Waals surface area contributed by atoms with Crippen LogP contribution in [0.25, 0.3) is 5.69 Å². The van der Waals surface area contributed by atoms with Gasteiger partial charge in [-0.3, -0.25) is 4.79 Å². The SMILES string of the molecule is COC(=O)c1c(N)c(C#N)cn1-c1ccc(N2CCC(C(N)=O)CC2)cc1. The molecule has 3 rings (SSSR count). The van der Waals surface area contributed by atoms with Crippen molar-refractivity contribution in [2.45, 2.75) is 12.8 Å². The smallest absolute Gasteiger partial charge is 0.357 e. The van der Waals surface area contributed by atoms with Gasteiger partial charge in [-0.2, -0.15) is 5.26 Å². The first-order valence-corrected chi connectivity index (χ1v) is 8.60. The molecule has 27 heavy (non-hydrogen) atoms. The molecule has 4 N–H and O–H groups in total. The molecule has 1 aliphatic rings. The van der Waals surface area contributed by atoms with E-state index in [9.17, 15) is 14.9 Å². The Bertz CT molecular complexity index is 903. The molecule has 1 aliphatic heterocycles. The minimum Gasteiger partial charge on any atom is -0.464 e. The molecule has 2 aromatic rings. The Morgan fingerprint density at radius 3 is 2.30 bits per heavy atom.